The quantitative estimate of drug-likeness (QED) is 0.677. The molecule has 0 radical (unpaired) electrons. The molecule has 1 aliphatic heterocycles. The van der Waals surface area contributed by atoms with Crippen LogP contribution in [0.2, 0.25) is 0 Å². The van der Waals surface area contributed by atoms with Crippen LogP contribution < -0.4 is 5.32 Å². The van der Waals surface area contributed by atoms with Crippen LogP contribution in [0, 0.1) is 0 Å². The molecule has 2 heteroatoms. The number of nitrogens with one attached hydrogen (secondary N) is 1. The molecule has 0 amide bonds. The molecule has 1 N–H and O–H groups in total. The maximum atomic E-state index is 3.97. The van der Waals surface area contributed by atoms with Crippen LogP contribution in [0.15, 0.2) is 12.2 Å². The molecule has 0 saturated carbocycles. The van der Waals surface area contributed by atoms with Crippen LogP contribution in [0.1, 0.15) is 33.1 Å². The second-order valence-electron chi connectivity index (χ2n) is 4.32. The van der Waals surface area contributed by atoms with Gasteiger partial charge in [0.15, 0.2) is 0 Å². The Labute approximate surface area is 88.4 Å². The molecule has 0 aliphatic carbocycles. The Morgan fingerprint density at radius 3 is 2.57 bits per heavy atom. The van der Waals surface area contributed by atoms with Crippen LogP contribution in [-0.4, -0.2) is 37.1 Å². The van der Waals surface area contributed by atoms with Gasteiger partial charge in [0, 0.05) is 12.6 Å². The summed E-state index contributed by atoms with van der Waals surface area (Å²) in [7, 11) is 0. The lowest BCUT2D eigenvalue weighted by molar-refractivity contribution is 0.172. The third kappa shape index (κ3) is 3.81. The Morgan fingerprint density at radius 1 is 1.43 bits per heavy atom. The summed E-state index contributed by atoms with van der Waals surface area (Å²) in [6.45, 7) is 13.1. The minimum Gasteiger partial charge on any atom is -0.317 e. The fourth-order valence-corrected chi connectivity index (χ4v) is 2.11. The maximum Gasteiger partial charge on any atom is 0.0119 e. The Morgan fingerprint density at radius 2 is 2.07 bits per heavy atom. The van der Waals surface area contributed by atoms with Crippen molar-refractivity contribution in [3.8, 4) is 0 Å². The molecule has 1 saturated heterocycles. The summed E-state index contributed by atoms with van der Waals surface area (Å²) in [6.07, 6.45) is 3.77. The molecule has 0 aromatic heterocycles. The van der Waals surface area contributed by atoms with Crippen molar-refractivity contribution in [1.29, 1.82) is 0 Å². The summed E-state index contributed by atoms with van der Waals surface area (Å²) in [5.41, 5.74) is 1.30. The van der Waals surface area contributed by atoms with E-state index in [4.69, 9.17) is 0 Å². The van der Waals surface area contributed by atoms with Gasteiger partial charge in [-0.3, -0.25) is 0 Å². The predicted molar refractivity (Wildman–Crippen MR) is 62.6 cm³/mol. The summed E-state index contributed by atoms with van der Waals surface area (Å²) in [5.74, 6) is 0. The van der Waals surface area contributed by atoms with Crippen molar-refractivity contribution in [2.45, 2.75) is 39.2 Å². The zero-order chi connectivity index (χ0) is 10.4. The first kappa shape index (κ1) is 11.7. The lowest BCUT2D eigenvalue weighted by Gasteiger charge is -2.33. The van der Waals surface area contributed by atoms with Crippen LogP contribution in [0.25, 0.3) is 0 Å². The Hall–Kier alpha value is -0.340. The summed E-state index contributed by atoms with van der Waals surface area (Å²) in [6, 6.07) is 0.806. The maximum absolute atomic E-state index is 3.97. The first-order valence-electron chi connectivity index (χ1n) is 5.83. The van der Waals surface area contributed by atoms with Gasteiger partial charge in [0.25, 0.3) is 0 Å². The molecular weight excluding hydrogens is 172 g/mol. The summed E-state index contributed by atoms with van der Waals surface area (Å²) in [4.78, 5) is 2.61. The molecule has 1 fully saturated rings. The standard InChI is InChI=1S/C12H24N2/c1-4-14(10-7-11(2)3)12-5-8-13-9-6-12/h12-13H,2,4-10H2,1,3H3. The fraction of sp³-hybridized carbons (Fsp3) is 0.833. The SMILES string of the molecule is C=C(C)CCN(CC)C1CCNCC1. The minimum absolute atomic E-state index is 0.806. The van der Waals surface area contributed by atoms with E-state index in [-0.39, 0.29) is 0 Å². The van der Waals surface area contributed by atoms with E-state index in [1.807, 2.05) is 0 Å². The zero-order valence-corrected chi connectivity index (χ0v) is 9.68. The Bertz CT molecular complexity index is 171. The van der Waals surface area contributed by atoms with Gasteiger partial charge in [-0.2, -0.15) is 0 Å². The first-order valence-corrected chi connectivity index (χ1v) is 5.83. The summed E-state index contributed by atoms with van der Waals surface area (Å²) in [5, 5.41) is 3.41. The average molecular weight is 196 g/mol. The Balaban J connectivity index is 2.31. The van der Waals surface area contributed by atoms with Crippen LogP contribution in [0.3, 0.4) is 0 Å². The molecule has 1 heterocycles. The van der Waals surface area contributed by atoms with Crippen LogP contribution >= 0.6 is 0 Å². The highest BCUT2D eigenvalue weighted by Crippen LogP contribution is 2.12. The molecule has 2 nitrogen and oxygen atoms in total. The second-order valence-corrected chi connectivity index (χ2v) is 4.32. The molecule has 0 atom stereocenters. The molecule has 0 spiro atoms. The molecule has 1 aliphatic rings. The molecular formula is C12H24N2. The van der Waals surface area contributed by atoms with Gasteiger partial charge in [0.1, 0.15) is 0 Å². The summed E-state index contributed by atoms with van der Waals surface area (Å²) < 4.78 is 0. The minimum atomic E-state index is 0.806. The smallest absolute Gasteiger partial charge is 0.0119 e. The molecule has 82 valence electrons. The Kier molecular flexibility index (Phi) is 5.20. The largest absolute Gasteiger partial charge is 0.317 e. The van der Waals surface area contributed by atoms with Gasteiger partial charge in [0.2, 0.25) is 0 Å². The first-order chi connectivity index (χ1) is 6.74. The molecule has 1 rings (SSSR count). The highest BCUT2D eigenvalue weighted by molar-refractivity contribution is 4.89. The number of rotatable bonds is 5. The lowest BCUT2D eigenvalue weighted by atomic mass is 10.0. The molecule has 0 aromatic carbocycles. The van der Waals surface area contributed by atoms with Crippen LogP contribution in [0.5, 0.6) is 0 Å². The van der Waals surface area contributed by atoms with Crippen molar-refractivity contribution in [3.05, 3.63) is 12.2 Å². The highest BCUT2D eigenvalue weighted by Gasteiger charge is 2.18. The van der Waals surface area contributed by atoms with Gasteiger partial charge in [-0.1, -0.05) is 12.5 Å². The van der Waals surface area contributed by atoms with Gasteiger partial charge in [-0.25, -0.2) is 0 Å². The van der Waals surface area contributed by atoms with Crippen LogP contribution in [-0.2, 0) is 0 Å². The van der Waals surface area contributed by atoms with Crippen molar-refractivity contribution in [1.82, 2.24) is 10.2 Å². The van der Waals surface area contributed by atoms with E-state index in [2.05, 4.69) is 30.6 Å². The van der Waals surface area contributed by atoms with Crippen molar-refractivity contribution in [2.75, 3.05) is 26.2 Å². The highest BCUT2D eigenvalue weighted by atomic mass is 15.2. The van der Waals surface area contributed by atoms with Gasteiger partial charge >= 0.3 is 0 Å². The second kappa shape index (κ2) is 6.20. The van der Waals surface area contributed by atoms with E-state index in [9.17, 15) is 0 Å². The topological polar surface area (TPSA) is 15.3 Å². The molecule has 14 heavy (non-hydrogen) atoms. The number of nitrogens with zero attached hydrogens (tertiary/aromatic N) is 1. The fourth-order valence-electron chi connectivity index (χ4n) is 2.11. The van der Waals surface area contributed by atoms with Gasteiger partial charge < -0.3 is 10.2 Å². The molecule has 0 aromatic rings. The van der Waals surface area contributed by atoms with Gasteiger partial charge in [0.05, 0.1) is 0 Å². The van der Waals surface area contributed by atoms with Gasteiger partial charge in [-0.15, -0.1) is 6.58 Å². The van der Waals surface area contributed by atoms with E-state index in [0.717, 1.165) is 12.5 Å². The van der Waals surface area contributed by atoms with E-state index < -0.39 is 0 Å². The average Bonchev–Trinajstić information content (AvgIpc) is 2.20. The van der Waals surface area contributed by atoms with Crippen molar-refractivity contribution in [2.24, 2.45) is 0 Å². The van der Waals surface area contributed by atoms with Crippen molar-refractivity contribution in [3.63, 3.8) is 0 Å². The van der Waals surface area contributed by atoms with Crippen molar-refractivity contribution < 1.29 is 0 Å². The third-order valence-electron chi connectivity index (χ3n) is 3.06. The lowest BCUT2D eigenvalue weighted by Crippen LogP contribution is -2.43. The number of piperidine rings is 1. The number of hydrogen-bond acceptors (Lipinski definition) is 2. The molecule has 0 unspecified atom stereocenters. The summed E-state index contributed by atoms with van der Waals surface area (Å²) >= 11 is 0. The van der Waals surface area contributed by atoms with Crippen LogP contribution in [0.4, 0.5) is 0 Å². The zero-order valence-electron chi connectivity index (χ0n) is 9.68. The van der Waals surface area contributed by atoms with Crippen molar-refractivity contribution >= 4 is 0 Å². The third-order valence-corrected chi connectivity index (χ3v) is 3.06. The molecule has 0 bridgehead atoms. The van der Waals surface area contributed by atoms with E-state index in [1.54, 1.807) is 0 Å². The van der Waals surface area contributed by atoms with E-state index >= 15 is 0 Å². The van der Waals surface area contributed by atoms with E-state index in [1.165, 1.54) is 44.6 Å². The van der Waals surface area contributed by atoms with Gasteiger partial charge in [-0.05, 0) is 45.8 Å². The number of hydrogen-bond donors (Lipinski definition) is 1. The predicted octanol–water partition coefficient (Wildman–Crippen LogP) is 2.03. The monoisotopic (exact) mass is 196 g/mol. The normalized spacial score (nSPS) is 18.8. The van der Waals surface area contributed by atoms with E-state index in [0.29, 0.717) is 0 Å².